The van der Waals surface area contributed by atoms with E-state index in [2.05, 4.69) is 74.3 Å². The van der Waals surface area contributed by atoms with E-state index in [-0.39, 0.29) is 10.1 Å². The second-order valence-corrected chi connectivity index (χ2v) is 24.4. The first-order valence-corrected chi connectivity index (χ1v) is 18.4. The van der Waals surface area contributed by atoms with Crippen LogP contribution < -0.4 is 0 Å². The molecule has 0 N–H and O–H groups in total. The third kappa shape index (κ3) is 7.49. The van der Waals surface area contributed by atoms with Gasteiger partial charge in [0.2, 0.25) is 0 Å². The average Bonchev–Trinajstić information content (AvgIpc) is 3.17. The van der Waals surface area contributed by atoms with Crippen LogP contribution in [0, 0.1) is 0 Å². The lowest BCUT2D eigenvalue weighted by molar-refractivity contribution is 0.116. The summed E-state index contributed by atoms with van der Waals surface area (Å²) in [5.74, 6) is 0. The highest BCUT2D eigenvalue weighted by Gasteiger charge is 2.49. The predicted molar refractivity (Wildman–Crippen MR) is 118 cm³/mol. The summed E-state index contributed by atoms with van der Waals surface area (Å²) in [7, 11) is -6.04. The van der Waals surface area contributed by atoms with Gasteiger partial charge in [0.05, 0.1) is 13.2 Å². The summed E-state index contributed by atoms with van der Waals surface area (Å²) in [4.78, 5) is 0. The van der Waals surface area contributed by atoms with E-state index in [4.69, 9.17) is 17.7 Å². The third-order valence-corrected chi connectivity index (χ3v) is 22.2. The molecule has 156 valence electrons. The van der Waals surface area contributed by atoms with Crippen molar-refractivity contribution in [3.05, 3.63) is 0 Å². The Morgan fingerprint density at radius 3 is 1.62 bits per heavy atom. The van der Waals surface area contributed by atoms with E-state index in [0.717, 1.165) is 32.3 Å². The molecule has 0 aliphatic carbocycles. The van der Waals surface area contributed by atoms with Gasteiger partial charge < -0.3 is 17.7 Å². The molecule has 1 aliphatic heterocycles. The van der Waals surface area contributed by atoms with E-state index in [1.165, 1.54) is 0 Å². The standard InChI is InChI=1S/C19H44O4Si3/c1-18(2,3)24(7,8)22-26(11,23-25(9,10)19(4,5)6)14-12-13-20-15-17-16-21-17/h17H,12-16H2,1-11H3. The maximum Gasteiger partial charge on any atom is 0.314 e. The Hall–Kier alpha value is 0.491. The number of hydrogen-bond acceptors (Lipinski definition) is 4. The Balaban J connectivity index is 2.80. The molecule has 0 amide bonds. The number of rotatable bonds is 10. The van der Waals surface area contributed by atoms with Crippen molar-refractivity contribution in [3.63, 3.8) is 0 Å². The molecule has 0 aromatic carbocycles. The van der Waals surface area contributed by atoms with Crippen molar-refractivity contribution in [3.8, 4) is 0 Å². The Morgan fingerprint density at radius 2 is 1.27 bits per heavy atom. The first-order chi connectivity index (χ1) is 11.5. The summed E-state index contributed by atoms with van der Waals surface area (Å²) in [5.41, 5.74) is 0. The lowest BCUT2D eigenvalue weighted by atomic mass is 10.2. The monoisotopic (exact) mass is 420 g/mol. The van der Waals surface area contributed by atoms with Gasteiger partial charge in [0.25, 0.3) is 0 Å². The molecule has 0 aromatic heterocycles. The molecular weight excluding hydrogens is 376 g/mol. The van der Waals surface area contributed by atoms with E-state index in [1.54, 1.807) is 0 Å². The van der Waals surface area contributed by atoms with Gasteiger partial charge in [-0.05, 0) is 55.3 Å². The van der Waals surface area contributed by atoms with Gasteiger partial charge in [0.1, 0.15) is 6.10 Å². The van der Waals surface area contributed by atoms with Crippen LogP contribution in [-0.2, 0) is 17.7 Å². The smallest absolute Gasteiger partial charge is 0.314 e. The van der Waals surface area contributed by atoms with Crippen LogP contribution in [0.1, 0.15) is 48.0 Å². The van der Waals surface area contributed by atoms with Gasteiger partial charge in [0.15, 0.2) is 16.6 Å². The molecule has 0 spiro atoms. The van der Waals surface area contributed by atoms with Crippen molar-refractivity contribution in [2.24, 2.45) is 0 Å². The summed E-state index contributed by atoms with van der Waals surface area (Å²) >= 11 is 0. The fourth-order valence-corrected chi connectivity index (χ4v) is 15.6. The van der Waals surface area contributed by atoms with Crippen molar-refractivity contribution in [1.82, 2.24) is 0 Å². The highest BCUT2D eigenvalue weighted by Crippen LogP contribution is 2.43. The number of hydrogen-bond donors (Lipinski definition) is 0. The lowest BCUT2D eigenvalue weighted by Gasteiger charge is -2.48. The van der Waals surface area contributed by atoms with Crippen LogP contribution >= 0.6 is 0 Å². The summed E-state index contributed by atoms with van der Waals surface area (Å²) in [5, 5.41) is 0.385. The van der Waals surface area contributed by atoms with Crippen molar-refractivity contribution in [2.45, 2.75) is 103 Å². The molecule has 1 unspecified atom stereocenters. The Bertz CT molecular complexity index is 421. The molecule has 0 aromatic rings. The van der Waals surface area contributed by atoms with Crippen molar-refractivity contribution in [2.75, 3.05) is 19.8 Å². The minimum absolute atomic E-state index is 0.192. The van der Waals surface area contributed by atoms with Gasteiger partial charge in [-0.25, -0.2) is 0 Å². The van der Waals surface area contributed by atoms with Gasteiger partial charge in [-0.15, -0.1) is 0 Å². The second kappa shape index (κ2) is 8.47. The van der Waals surface area contributed by atoms with Crippen molar-refractivity contribution >= 4 is 25.2 Å². The summed E-state index contributed by atoms with van der Waals surface area (Å²) in [6.07, 6.45) is 1.34. The van der Waals surface area contributed by atoms with E-state index >= 15 is 0 Å². The largest absolute Gasteiger partial charge is 0.436 e. The molecule has 1 heterocycles. The lowest BCUT2D eigenvalue weighted by Crippen LogP contribution is -2.58. The molecule has 0 saturated carbocycles. The van der Waals surface area contributed by atoms with Crippen LogP contribution in [0.15, 0.2) is 0 Å². The van der Waals surface area contributed by atoms with E-state index in [1.807, 2.05) is 0 Å². The Labute approximate surface area is 165 Å². The van der Waals surface area contributed by atoms with Crippen LogP contribution in [0.3, 0.4) is 0 Å². The Morgan fingerprint density at radius 1 is 0.846 bits per heavy atom. The molecule has 1 fully saturated rings. The number of epoxide rings is 1. The second-order valence-electron chi connectivity index (χ2n) is 11.0. The molecule has 0 radical (unpaired) electrons. The fraction of sp³-hybridized carbons (Fsp3) is 1.00. The zero-order valence-electron chi connectivity index (χ0n) is 19.2. The molecule has 7 heteroatoms. The van der Waals surface area contributed by atoms with Crippen molar-refractivity contribution in [1.29, 1.82) is 0 Å². The molecule has 1 aliphatic rings. The zero-order chi connectivity index (χ0) is 20.4. The summed E-state index contributed by atoms with van der Waals surface area (Å²) in [6, 6.07) is 0.998. The van der Waals surface area contributed by atoms with Crippen LogP contribution in [0.2, 0.25) is 48.9 Å². The van der Waals surface area contributed by atoms with Crippen LogP contribution in [-0.4, -0.2) is 51.1 Å². The molecule has 0 bridgehead atoms. The molecule has 4 nitrogen and oxygen atoms in total. The minimum Gasteiger partial charge on any atom is -0.436 e. The number of ether oxygens (including phenoxy) is 2. The zero-order valence-corrected chi connectivity index (χ0v) is 22.2. The quantitative estimate of drug-likeness (QED) is 0.250. The average molecular weight is 421 g/mol. The minimum atomic E-state index is -2.29. The molecular formula is C19H44O4Si3. The van der Waals surface area contributed by atoms with Gasteiger partial charge in [-0.1, -0.05) is 41.5 Å². The van der Waals surface area contributed by atoms with Gasteiger partial charge in [-0.3, -0.25) is 0 Å². The first kappa shape index (κ1) is 24.5. The highest BCUT2D eigenvalue weighted by atomic mass is 28.5. The van der Waals surface area contributed by atoms with E-state index in [9.17, 15) is 0 Å². The van der Waals surface area contributed by atoms with Crippen LogP contribution in [0.4, 0.5) is 0 Å². The maximum atomic E-state index is 6.97. The van der Waals surface area contributed by atoms with Gasteiger partial charge >= 0.3 is 8.56 Å². The predicted octanol–water partition coefficient (Wildman–Crippen LogP) is 5.91. The van der Waals surface area contributed by atoms with Crippen LogP contribution in [0.25, 0.3) is 0 Å². The van der Waals surface area contributed by atoms with Crippen LogP contribution in [0.5, 0.6) is 0 Å². The normalized spacial score (nSPS) is 19.7. The topological polar surface area (TPSA) is 40.2 Å². The maximum absolute atomic E-state index is 6.97. The summed E-state index contributed by atoms with van der Waals surface area (Å²) in [6.45, 7) is 27.8. The summed E-state index contributed by atoms with van der Waals surface area (Å²) < 4.78 is 24.9. The van der Waals surface area contributed by atoms with Gasteiger partial charge in [-0.2, -0.15) is 0 Å². The fourth-order valence-electron chi connectivity index (χ4n) is 2.38. The Kier molecular flexibility index (Phi) is 7.99. The molecule has 1 saturated heterocycles. The van der Waals surface area contributed by atoms with E-state index < -0.39 is 25.2 Å². The first-order valence-electron chi connectivity index (χ1n) is 10.1. The van der Waals surface area contributed by atoms with Crippen molar-refractivity contribution < 1.29 is 17.7 Å². The van der Waals surface area contributed by atoms with E-state index in [0.29, 0.717) is 6.10 Å². The molecule has 26 heavy (non-hydrogen) atoms. The SMILES string of the molecule is CC(C)(C)[Si](C)(C)O[Si](C)(CCCOCC1CO1)O[Si](C)(C)C(C)(C)C. The highest BCUT2D eigenvalue weighted by molar-refractivity contribution is 6.89. The van der Waals surface area contributed by atoms with Gasteiger partial charge in [0, 0.05) is 6.61 Å². The molecule has 1 rings (SSSR count). The molecule has 1 atom stereocenters. The third-order valence-electron chi connectivity index (χ3n) is 6.18.